The minimum absolute atomic E-state index is 0.0233. The fourth-order valence-corrected chi connectivity index (χ4v) is 1.85. The minimum Gasteiger partial charge on any atom is -0.391 e. The summed E-state index contributed by atoms with van der Waals surface area (Å²) in [5.74, 6) is 0. The van der Waals surface area contributed by atoms with Crippen LogP contribution in [0.15, 0.2) is 0 Å². The molecule has 0 aliphatic carbocycles. The highest BCUT2D eigenvalue weighted by Crippen LogP contribution is 2.08. The summed E-state index contributed by atoms with van der Waals surface area (Å²) < 4.78 is 0. The average Bonchev–Trinajstić information content (AvgIpc) is 2.27. The molecule has 1 atom stereocenters. The third kappa shape index (κ3) is 4.51. The summed E-state index contributed by atoms with van der Waals surface area (Å²) in [4.78, 5) is 13.4. The van der Waals surface area contributed by atoms with Gasteiger partial charge in [0, 0.05) is 19.6 Å². The molecule has 1 rings (SSSR count). The molecule has 0 aromatic heterocycles. The van der Waals surface area contributed by atoms with Crippen molar-refractivity contribution < 1.29 is 9.90 Å². The van der Waals surface area contributed by atoms with E-state index in [1.165, 1.54) is 6.42 Å². The molecule has 2 amide bonds. The molecule has 4 heteroatoms. The molecule has 15 heavy (non-hydrogen) atoms. The number of nitrogens with one attached hydrogen (secondary N) is 1. The van der Waals surface area contributed by atoms with Crippen molar-refractivity contribution in [1.82, 2.24) is 10.2 Å². The van der Waals surface area contributed by atoms with Crippen LogP contribution >= 0.6 is 0 Å². The Morgan fingerprint density at radius 3 is 2.67 bits per heavy atom. The van der Waals surface area contributed by atoms with Crippen molar-refractivity contribution in [3.8, 4) is 0 Å². The lowest BCUT2D eigenvalue weighted by molar-refractivity contribution is 0.149. The van der Waals surface area contributed by atoms with E-state index in [0.29, 0.717) is 6.54 Å². The number of hydrogen-bond donors (Lipinski definition) is 2. The van der Waals surface area contributed by atoms with Crippen molar-refractivity contribution in [2.75, 3.05) is 19.6 Å². The highest BCUT2D eigenvalue weighted by atomic mass is 16.3. The molecule has 0 bridgehead atoms. The van der Waals surface area contributed by atoms with Crippen LogP contribution in [0.2, 0.25) is 0 Å². The maximum absolute atomic E-state index is 11.6. The van der Waals surface area contributed by atoms with E-state index in [0.717, 1.165) is 38.8 Å². The second kappa shape index (κ2) is 6.67. The second-order valence-corrected chi connectivity index (χ2v) is 4.18. The number of carbonyl (C=O) groups excluding carboxylic acids is 1. The molecule has 1 fully saturated rings. The number of amides is 2. The molecule has 1 aliphatic rings. The first kappa shape index (κ1) is 12.3. The van der Waals surface area contributed by atoms with Crippen molar-refractivity contribution in [2.24, 2.45) is 0 Å². The van der Waals surface area contributed by atoms with Gasteiger partial charge >= 0.3 is 6.03 Å². The summed E-state index contributed by atoms with van der Waals surface area (Å²) in [6.07, 6.45) is 4.72. The van der Waals surface area contributed by atoms with Gasteiger partial charge in [0.15, 0.2) is 0 Å². The van der Waals surface area contributed by atoms with Gasteiger partial charge in [0.05, 0.1) is 6.10 Å². The molecule has 1 heterocycles. The number of aliphatic hydroxyl groups is 1. The molecular weight excluding hydrogens is 192 g/mol. The monoisotopic (exact) mass is 214 g/mol. The Balaban J connectivity index is 2.16. The summed E-state index contributed by atoms with van der Waals surface area (Å²) in [5, 5.41) is 12.2. The predicted octanol–water partition coefficient (Wildman–Crippen LogP) is 1.34. The molecule has 0 spiro atoms. The van der Waals surface area contributed by atoms with E-state index in [1.807, 2.05) is 11.8 Å². The van der Waals surface area contributed by atoms with Gasteiger partial charge in [-0.05, 0) is 25.7 Å². The van der Waals surface area contributed by atoms with Crippen molar-refractivity contribution in [3.05, 3.63) is 0 Å². The predicted molar refractivity (Wildman–Crippen MR) is 59.7 cm³/mol. The van der Waals surface area contributed by atoms with Crippen molar-refractivity contribution >= 4 is 6.03 Å². The van der Waals surface area contributed by atoms with Gasteiger partial charge in [-0.2, -0.15) is 0 Å². The lowest BCUT2D eigenvalue weighted by atomic mass is 10.1. The van der Waals surface area contributed by atoms with Gasteiger partial charge in [-0.1, -0.05) is 13.3 Å². The third-order valence-corrected chi connectivity index (χ3v) is 2.75. The summed E-state index contributed by atoms with van der Waals surface area (Å²) in [6, 6.07) is -0.0233. The largest absolute Gasteiger partial charge is 0.391 e. The molecule has 2 N–H and O–H groups in total. The number of piperidine rings is 1. The number of likely N-dealkylation sites (tertiary alicyclic amines) is 1. The van der Waals surface area contributed by atoms with E-state index in [9.17, 15) is 9.90 Å². The van der Waals surface area contributed by atoms with Crippen LogP contribution in [0.3, 0.4) is 0 Å². The van der Waals surface area contributed by atoms with E-state index >= 15 is 0 Å². The van der Waals surface area contributed by atoms with Gasteiger partial charge in [-0.15, -0.1) is 0 Å². The molecule has 1 unspecified atom stereocenters. The maximum Gasteiger partial charge on any atom is 0.317 e. The fraction of sp³-hybridized carbons (Fsp3) is 0.909. The first-order valence-corrected chi connectivity index (χ1v) is 5.95. The minimum atomic E-state index is -0.399. The van der Waals surface area contributed by atoms with Crippen molar-refractivity contribution in [2.45, 2.75) is 45.1 Å². The van der Waals surface area contributed by atoms with Gasteiger partial charge in [0.1, 0.15) is 0 Å². The molecular formula is C11H22N2O2. The molecule has 1 saturated heterocycles. The van der Waals surface area contributed by atoms with E-state index in [2.05, 4.69) is 5.32 Å². The van der Waals surface area contributed by atoms with Crippen molar-refractivity contribution in [1.29, 1.82) is 0 Å². The number of urea groups is 1. The highest BCUT2D eigenvalue weighted by molar-refractivity contribution is 5.74. The van der Waals surface area contributed by atoms with Crippen LogP contribution in [0, 0.1) is 0 Å². The smallest absolute Gasteiger partial charge is 0.317 e. The van der Waals surface area contributed by atoms with Crippen LogP contribution in [-0.2, 0) is 0 Å². The SMILES string of the molecule is CCCC(O)CNC(=O)N1CCCCC1. The molecule has 1 aliphatic heterocycles. The lowest BCUT2D eigenvalue weighted by Crippen LogP contribution is -2.45. The van der Waals surface area contributed by atoms with Gasteiger partial charge in [-0.3, -0.25) is 0 Å². The Kier molecular flexibility index (Phi) is 5.47. The molecule has 0 aromatic carbocycles. The van der Waals surface area contributed by atoms with Gasteiger partial charge in [0.25, 0.3) is 0 Å². The number of rotatable bonds is 4. The van der Waals surface area contributed by atoms with Crippen LogP contribution in [0.25, 0.3) is 0 Å². The lowest BCUT2D eigenvalue weighted by Gasteiger charge is -2.27. The fourth-order valence-electron chi connectivity index (χ4n) is 1.85. The van der Waals surface area contributed by atoms with Crippen LogP contribution in [0.5, 0.6) is 0 Å². The summed E-state index contributed by atoms with van der Waals surface area (Å²) >= 11 is 0. The Morgan fingerprint density at radius 1 is 1.40 bits per heavy atom. The maximum atomic E-state index is 11.6. The average molecular weight is 214 g/mol. The zero-order valence-electron chi connectivity index (χ0n) is 9.54. The molecule has 0 aromatic rings. The number of hydrogen-bond acceptors (Lipinski definition) is 2. The first-order chi connectivity index (χ1) is 7.24. The van der Waals surface area contributed by atoms with Crippen LogP contribution in [0.1, 0.15) is 39.0 Å². The Bertz CT molecular complexity index is 191. The number of carbonyl (C=O) groups is 1. The second-order valence-electron chi connectivity index (χ2n) is 4.18. The van der Waals surface area contributed by atoms with Crippen LogP contribution in [0.4, 0.5) is 4.79 Å². The zero-order chi connectivity index (χ0) is 11.1. The van der Waals surface area contributed by atoms with Gasteiger partial charge in [-0.25, -0.2) is 4.79 Å². The van der Waals surface area contributed by atoms with Crippen LogP contribution in [-0.4, -0.2) is 41.8 Å². The first-order valence-electron chi connectivity index (χ1n) is 5.95. The molecule has 4 nitrogen and oxygen atoms in total. The Morgan fingerprint density at radius 2 is 2.07 bits per heavy atom. The summed E-state index contributed by atoms with van der Waals surface area (Å²) in [6.45, 7) is 4.12. The molecule has 88 valence electrons. The van der Waals surface area contributed by atoms with E-state index in [4.69, 9.17) is 0 Å². The molecule has 0 radical (unpaired) electrons. The number of aliphatic hydroxyl groups excluding tert-OH is 1. The summed E-state index contributed by atoms with van der Waals surface area (Å²) in [5.41, 5.74) is 0. The molecule has 0 saturated carbocycles. The van der Waals surface area contributed by atoms with Gasteiger partial charge < -0.3 is 15.3 Å². The van der Waals surface area contributed by atoms with Crippen LogP contribution < -0.4 is 5.32 Å². The standard InChI is InChI=1S/C11H22N2O2/c1-2-6-10(14)9-12-11(15)13-7-4-3-5-8-13/h10,14H,2-9H2,1H3,(H,12,15). The van der Waals surface area contributed by atoms with E-state index < -0.39 is 6.10 Å². The normalized spacial score (nSPS) is 18.7. The zero-order valence-corrected chi connectivity index (χ0v) is 9.54. The quantitative estimate of drug-likeness (QED) is 0.742. The Hall–Kier alpha value is -0.770. The topological polar surface area (TPSA) is 52.6 Å². The number of nitrogens with zero attached hydrogens (tertiary/aromatic N) is 1. The highest BCUT2D eigenvalue weighted by Gasteiger charge is 2.16. The third-order valence-electron chi connectivity index (χ3n) is 2.75. The van der Waals surface area contributed by atoms with E-state index in [-0.39, 0.29) is 6.03 Å². The van der Waals surface area contributed by atoms with Crippen molar-refractivity contribution in [3.63, 3.8) is 0 Å². The Labute approximate surface area is 91.6 Å². The summed E-state index contributed by atoms with van der Waals surface area (Å²) in [7, 11) is 0. The van der Waals surface area contributed by atoms with Gasteiger partial charge in [0.2, 0.25) is 0 Å². The van der Waals surface area contributed by atoms with E-state index in [1.54, 1.807) is 0 Å².